The minimum Gasteiger partial charge on any atom is -0.331 e. The van der Waals surface area contributed by atoms with Crippen molar-refractivity contribution in [1.82, 2.24) is 9.97 Å². The van der Waals surface area contributed by atoms with Crippen molar-refractivity contribution in [3.8, 4) is 0 Å². The van der Waals surface area contributed by atoms with Gasteiger partial charge in [-0.15, -0.1) is 11.3 Å². The standard InChI is InChI=1S/C8H6IN3OS/c9-5-1-4-14-6(5)7(13)12-8-10-2-3-11-8/h1-4H,(H2,10,11,12,13). The highest BCUT2D eigenvalue weighted by Gasteiger charge is 2.11. The molecule has 2 aromatic heterocycles. The fourth-order valence-electron chi connectivity index (χ4n) is 0.954. The highest BCUT2D eigenvalue weighted by atomic mass is 127. The lowest BCUT2D eigenvalue weighted by atomic mass is 10.4. The van der Waals surface area contributed by atoms with Crippen LogP contribution in [0.5, 0.6) is 0 Å². The van der Waals surface area contributed by atoms with E-state index in [0.29, 0.717) is 10.8 Å². The first-order chi connectivity index (χ1) is 6.77. The molecule has 6 heteroatoms. The average molecular weight is 319 g/mol. The molecule has 4 nitrogen and oxygen atoms in total. The van der Waals surface area contributed by atoms with E-state index < -0.39 is 0 Å². The van der Waals surface area contributed by atoms with Gasteiger partial charge >= 0.3 is 0 Å². The summed E-state index contributed by atoms with van der Waals surface area (Å²) < 4.78 is 0.955. The molecular weight excluding hydrogens is 313 g/mol. The molecule has 0 aliphatic heterocycles. The van der Waals surface area contributed by atoms with Gasteiger partial charge in [0, 0.05) is 16.0 Å². The van der Waals surface area contributed by atoms with Gasteiger partial charge in [-0.2, -0.15) is 0 Å². The smallest absolute Gasteiger partial charge is 0.269 e. The summed E-state index contributed by atoms with van der Waals surface area (Å²) in [6.45, 7) is 0. The zero-order valence-electron chi connectivity index (χ0n) is 6.95. The maximum absolute atomic E-state index is 11.6. The summed E-state index contributed by atoms with van der Waals surface area (Å²) in [5.74, 6) is 0.346. The van der Waals surface area contributed by atoms with Crippen LogP contribution in [0.4, 0.5) is 5.95 Å². The number of carbonyl (C=O) groups excluding carboxylic acids is 1. The Balaban J connectivity index is 2.14. The van der Waals surface area contributed by atoms with Gasteiger partial charge in [-0.1, -0.05) is 0 Å². The molecule has 2 heterocycles. The number of thiophene rings is 1. The number of nitrogens with one attached hydrogen (secondary N) is 2. The Morgan fingerprint density at radius 2 is 2.50 bits per heavy atom. The summed E-state index contributed by atoms with van der Waals surface area (Å²) in [4.78, 5) is 19.1. The van der Waals surface area contributed by atoms with E-state index in [-0.39, 0.29) is 5.91 Å². The molecule has 0 saturated carbocycles. The third-order valence-corrected chi connectivity index (χ3v) is 3.73. The average Bonchev–Trinajstić information content (AvgIpc) is 2.75. The Labute approximate surface area is 97.9 Å². The first kappa shape index (κ1) is 9.66. The van der Waals surface area contributed by atoms with Crippen LogP contribution < -0.4 is 5.32 Å². The van der Waals surface area contributed by atoms with E-state index in [4.69, 9.17) is 0 Å². The maximum atomic E-state index is 11.6. The highest BCUT2D eigenvalue weighted by Crippen LogP contribution is 2.19. The number of carbonyl (C=O) groups is 1. The van der Waals surface area contributed by atoms with E-state index in [0.717, 1.165) is 3.57 Å². The van der Waals surface area contributed by atoms with Gasteiger partial charge in [0.1, 0.15) is 4.88 Å². The van der Waals surface area contributed by atoms with E-state index >= 15 is 0 Å². The Bertz CT molecular complexity index is 437. The van der Waals surface area contributed by atoms with Gasteiger partial charge in [0.05, 0.1) is 0 Å². The molecule has 14 heavy (non-hydrogen) atoms. The minimum absolute atomic E-state index is 0.126. The number of nitrogens with zero attached hydrogens (tertiary/aromatic N) is 1. The summed E-state index contributed by atoms with van der Waals surface area (Å²) in [7, 11) is 0. The molecular formula is C8H6IN3OS. The van der Waals surface area contributed by atoms with Crippen LogP contribution in [0, 0.1) is 3.57 Å². The molecule has 0 aliphatic carbocycles. The van der Waals surface area contributed by atoms with Crippen molar-refractivity contribution in [2.45, 2.75) is 0 Å². The number of rotatable bonds is 2. The van der Waals surface area contributed by atoms with E-state index in [1.807, 2.05) is 11.4 Å². The van der Waals surface area contributed by atoms with Crippen LogP contribution in [0.2, 0.25) is 0 Å². The number of anilines is 1. The molecule has 0 bridgehead atoms. The number of halogens is 1. The quantitative estimate of drug-likeness (QED) is 0.835. The van der Waals surface area contributed by atoms with Crippen molar-refractivity contribution in [2.75, 3.05) is 5.32 Å². The lowest BCUT2D eigenvalue weighted by Gasteiger charge is -1.98. The molecule has 0 aliphatic rings. The monoisotopic (exact) mass is 319 g/mol. The molecule has 2 N–H and O–H groups in total. The van der Waals surface area contributed by atoms with Crippen LogP contribution in [0.3, 0.4) is 0 Å². The van der Waals surface area contributed by atoms with E-state index in [2.05, 4.69) is 37.9 Å². The fourth-order valence-corrected chi connectivity index (χ4v) is 2.68. The summed E-state index contributed by atoms with van der Waals surface area (Å²) in [5.41, 5.74) is 0. The summed E-state index contributed by atoms with van der Waals surface area (Å²) >= 11 is 3.55. The number of amides is 1. The predicted octanol–water partition coefficient (Wildman–Crippen LogP) is 2.33. The molecule has 1 amide bonds. The molecule has 2 rings (SSSR count). The molecule has 0 radical (unpaired) electrons. The second-order valence-corrected chi connectivity index (χ2v) is 4.57. The minimum atomic E-state index is -0.126. The molecule has 0 fully saturated rings. The Morgan fingerprint density at radius 1 is 1.64 bits per heavy atom. The summed E-state index contributed by atoms with van der Waals surface area (Å²) in [6, 6.07) is 1.91. The second-order valence-electron chi connectivity index (χ2n) is 2.49. The van der Waals surface area contributed by atoms with Crippen molar-refractivity contribution in [2.24, 2.45) is 0 Å². The van der Waals surface area contributed by atoms with Gasteiger partial charge in [-0.05, 0) is 34.0 Å². The van der Waals surface area contributed by atoms with E-state index in [9.17, 15) is 4.79 Å². The van der Waals surface area contributed by atoms with Gasteiger partial charge < -0.3 is 4.98 Å². The second kappa shape index (κ2) is 4.09. The van der Waals surface area contributed by atoms with Crippen molar-refractivity contribution >= 4 is 45.8 Å². The normalized spacial score (nSPS) is 10.1. The van der Waals surface area contributed by atoms with Crippen LogP contribution in [-0.2, 0) is 0 Å². The lowest BCUT2D eigenvalue weighted by Crippen LogP contribution is -2.12. The van der Waals surface area contributed by atoms with Gasteiger partial charge in [-0.3, -0.25) is 10.1 Å². The molecule has 0 spiro atoms. The van der Waals surface area contributed by atoms with Crippen LogP contribution in [0.25, 0.3) is 0 Å². The fraction of sp³-hybridized carbons (Fsp3) is 0. The summed E-state index contributed by atoms with van der Waals surface area (Å²) in [5, 5.41) is 4.55. The van der Waals surface area contributed by atoms with Crippen molar-refractivity contribution in [3.05, 3.63) is 32.3 Å². The van der Waals surface area contributed by atoms with Gasteiger partial charge in [0.15, 0.2) is 0 Å². The number of hydrogen-bond donors (Lipinski definition) is 2. The maximum Gasteiger partial charge on any atom is 0.269 e. The lowest BCUT2D eigenvalue weighted by molar-refractivity contribution is 0.102. The van der Waals surface area contributed by atoms with Gasteiger partial charge in [0.2, 0.25) is 5.95 Å². The van der Waals surface area contributed by atoms with Crippen LogP contribution in [-0.4, -0.2) is 15.9 Å². The van der Waals surface area contributed by atoms with Gasteiger partial charge in [0.25, 0.3) is 5.91 Å². The number of imidazole rings is 1. The Morgan fingerprint density at radius 3 is 3.07 bits per heavy atom. The molecule has 0 atom stereocenters. The topological polar surface area (TPSA) is 57.8 Å². The number of aromatic amines is 1. The Kier molecular flexibility index (Phi) is 2.82. The summed E-state index contributed by atoms with van der Waals surface area (Å²) in [6.07, 6.45) is 3.25. The molecule has 72 valence electrons. The first-order valence-corrected chi connectivity index (χ1v) is 5.77. The van der Waals surface area contributed by atoms with Crippen molar-refractivity contribution in [1.29, 1.82) is 0 Å². The first-order valence-electron chi connectivity index (χ1n) is 3.81. The largest absolute Gasteiger partial charge is 0.331 e. The zero-order valence-corrected chi connectivity index (χ0v) is 9.93. The molecule has 0 unspecified atom stereocenters. The van der Waals surface area contributed by atoms with Crippen molar-refractivity contribution < 1.29 is 4.79 Å². The van der Waals surface area contributed by atoms with Gasteiger partial charge in [-0.25, -0.2) is 4.98 Å². The molecule has 0 saturated heterocycles. The van der Waals surface area contributed by atoms with Crippen LogP contribution in [0.1, 0.15) is 9.67 Å². The van der Waals surface area contributed by atoms with Crippen LogP contribution in [0.15, 0.2) is 23.8 Å². The zero-order chi connectivity index (χ0) is 9.97. The number of H-pyrrole nitrogens is 1. The number of hydrogen-bond acceptors (Lipinski definition) is 3. The molecule has 0 aromatic carbocycles. The SMILES string of the molecule is O=C(Nc1ncc[nH]1)c1sccc1I. The molecule has 2 aromatic rings. The predicted molar refractivity (Wildman–Crippen MR) is 63.6 cm³/mol. The third-order valence-electron chi connectivity index (χ3n) is 1.55. The van der Waals surface area contributed by atoms with E-state index in [1.54, 1.807) is 12.4 Å². The third kappa shape index (κ3) is 1.95. The highest BCUT2D eigenvalue weighted by molar-refractivity contribution is 14.1. The number of aromatic nitrogens is 2. The Hall–Kier alpha value is -0.890. The van der Waals surface area contributed by atoms with Crippen molar-refractivity contribution in [3.63, 3.8) is 0 Å². The van der Waals surface area contributed by atoms with Crippen LogP contribution >= 0.6 is 33.9 Å². The van der Waals surface area contributed by atoms with E-state index in [1.165, 1.54) is 11.3 Å².